The van der Waals surface area contributed by atoms with Gasteiger partial charge >= 0.3 is 0 Å². The Balaban J connectivity index is 1.48. The van der Waals surface area contributed by atoms with Crippen LogP contribution in [0, 0.1) is 5.41 Å². The van der Waals surface area contributed by atoms with Crippen LogP contribution in [0.5, 0.6) is 0 Å². The molecule has 142 valence electrons. The molecule has 25 heavy (non-hydrogen) atoms. The maximum atomic E-state index is 12.1. The highest BCUT2D eigenvalue weighted by Crippen LogP contribution is 2.38. The van der Waals surface area contributed by atoms with Gasteiger partial charge in [0.05, 0.1) is 6.61 Å². The number of aliphatic imine (C=N–C) groups is 1. The lowest BCUT2D eigenvalue weighted by Gasteiger charge is -2.25. The van der Waals surface area contributed by atoms with Gasteiger partial charge in [-0.05, 0) is 39.0 Å². The fourth-order valence-corrected chi connectivity index (χ4v) is 4.23. The average Bonchev–Trinajstić information content (AvgIpc) is 3.20. The molecule has 6 heteroatoms. The molecule has 1 spiro atoms. The van der Waals surface area contributed by atoms with E-state index in [1.165, 1.54) is 19.3 Å². The van der Waals surface area contributed by atoms with Crippen LogP contribution in [0.1, 0.15) is 51.9 Å². The Bertz CT molecular complexity index is 474. The minimum Gasteiger partial charge on any atom is -0.381 e. The van der Waals surface area contributed by atoms with Gasteiger partial charge in [-0.25, -0.2) is 0 Å². The van der Waals surface area contributed by atoms with Gasteiger partial charge in [-0.1, -0.05) is 6.42 Å². The predicted molar refractivity (Wildman–Crippen MR) is 99.7 cm³/mol. The number of nitrogens with one attached hydrogen (secondary N) is 1. The number of carbonyl (C=O) groups excluding carboxylic acids is 1. The van der Waals surface area contributed by atoms with Crippen molar-refractivity contribution in [2.45, 2.75) is 51.9 Å². The van der Waals surface area contributed by atoms with Gasteiger partial charge in [-0.15, -0.1) is 0 Å². The molecular weight excluding hydrogens is 316 g/mol. The van der Waals surface area contributed by atoms with Gasteiger partial charge in [0.25, 0.3) is 0 Å². The highest BCUT2D eigenvalue weighted by Gasteiger charge is 2.42. The standard InChI is InChI=1S/C19H34N4O2/c1-2-20-18(23-13-8-19(15-23)9-14-25-16-19)21-10-6-12-22-11-5-3-4-7-17(22)24/h2-16H2,1H3,(H,20,21). The van der Waals surface area contributed by atoms with Crippen LogP contribution >= 0.6 is 0 Å². The van der Waals surface area contributed by atoms with Crippen LogP contribution in [0.4, 0.5) is 0 Å². The summed E-state index contributed by atoms with van der Waals surface area (Å²) in [4.78, 5) is 21.3. The summed E-state index contributed by atoms with van der Waals surface area (Å²) in [7, 11) is 0. The lowest BCUT2D eigenvalue weighted by atomic mass is 9.87. The van der Waals surface area contributed by atoms with E-state index in [4.69, 9.17) is 9.73 Å². The summed E-state index contributed by atoms with van der Waals surface area (Å²) < 4.78 is 5.63. The summed E-state index contributed by atoms with van der Waals surface area (Å²) in [6.45, 7) is 9.51. The number of ether oxygens (including phenoxy) is 1. The maximum Gasteiger partial charge on any atom is 0.222 e. The van der Waals surface area contributed by atoms with E-state index < -0.39 is 0 Å². The summed E-state index contributed by atoms with van der Waals surface area (Å²) in [5.74, 6) is 1.37. The Morgan fingerprint density at radius 1 is 1.28 bits per heavy atom. The van der Waals surface area contributed by atoms with Gasteiger partial charge in [0.2, 0.25) is 5.91 Å². The van der Waals surface area contributed by atoms with Gasteiger partial charge in [-0.3, -0.25) is 9.79 Å². The van der Waals surface area contributed by atoms with Crippen LogP contribution < -0.4 is 5.32 Å². The van der Waals surface area contributed by atoms with Crippen molar-refractivity contribution < 1.29 is 9.53 Å². The molecular formula is C19H34N4O2. The van der Waals surface area contributed by atoms with Gasteiger partial charge < -0.3 is 19.9 Å². The lowest BCUT2D eigenvalue weighted by Crippen LogP contribution is -2.41. The zero-order chi connectivity index (χ0) is 17.5. The summed E-state index contributed by atoms with van der Waals surface area (Å²) in [6, 6.07) is 0. The van der Waals surface area contributed by atoms with E-state index in [9.17, 15) is 4.79 Å². The third kappa shape index (κ3) is 4.87. The number of hydrogen-bond acceptors (Lipinski definition) is 3. The van der Waals surface area contributed by atoms with Crippen LogP contribution in [-0.4, -0.2) is 74.1 Å². The van der Waals surface area contributed by atoms with Crippen molar-refractivity contribution in [3.8, 4) is 0 Å². The number of hydrogen-bond donors (Lipinski definition) is 1. The summed E-state index contributed by atoms with van der Waals surface area (Å²) >= 11 is 0. The molecule has 6 nitrogen and oxygen atoms in total. The first-order valence-electron chi connectivity index (χ1n) is 10.1. The van der Waals surface area contributed by atoms with Gasteiger partial charge in [0.1, 0.15) is 0 Å². The Kier molecular flexibility index (Phi) is 6.57. The van der Waals surface area contributed by atoms with Crippen LogP contribution in [0.15, 0.2) is 4.99 Å². The van der Waals surface area contributed by atoms with Crippen molar-refractivity contribution in [3.63, 3.8) is 0 Å². The third-order valence-corrected chi connectivity index (χ3v) is 5.78. The summed E-state index contributed by atoms with van der Waals surface area (Å²) in [6.07, 6.45) is 7.45. The van der Waals surface area contributed by atoms with Gasteiger partial charge in [0, 0.05) is 57.7 Å². The number of carbonyl (C=O) groups is 1. The molecule has 3 heterocycles. The minimum absolute atomic E-state index is 0.330. The first-order valence-corrected chi connectivity index (χ1v) is 10.1. The molecule has 0 bridgehead atoms. The zero-order valence-corrected chi connectivity index (χ0v) is 15.8. The summed E-state index contributed by atoms with van der Waals surface area (Å²) in [5.41, 5.74) is 0.356. The van der Waals surface area contributed by atoms with Crippen molar-refractivity contribution in [1.82, 2.24) is 15.1 Å². The van der Waals surface area contributed by atoms with Crippen molar-refractivity contribution in [1.29, 1.82) is 0 Å². The predicted octanol–water partition coefficient (Wildman–Crippen LogP) is 1.86. The van der Waals surface area contributed by atoms with E-state index in [-0.39, 0.29) is 0 Å². The minimum atomic E-state index is 0.330. The van der Waals surface area contributed by atoms with E-state index in [1.807, 2.05) is 4.90 Å². The number of rotatable bonds is 5. The largest absolute Gasteiger partial charge is 0.381 e. The molecule has 1 N–H and O–H groups in total. The molecule has 1 amide bonds. The van der Waals surface area contributed by atoms with Crippen molar-refractivity contribution in [3.05, 3.63) is 0 Å². The lowest BCUT2D eigenvalue weighted by molar-refractivity contribution is -0.130. The Morgan fingerprint density at radius 2 is 2.20 bits per heavy atom. The van der Waals surface area contributed by atoms with E-state index >= 15 is 0 Å². The molecule has 0 aliphatic carbocycles. The quantitative estimate of drug-likeness (QED) is 0.467. The van der Waals surface area contributed by atoms with Crippen LogP contribution in [-0.2, 0) is 9.53 Å². The van der Waals surface area contributed by atoms with Crippen molar-refractivity contribution >= 4 is 11.9 Å². The van der Waals surface area contributed by atoms with Gasteiger partial charge in [-0.2, -0.15) is 0 Å². The second-order valence-electron chi connectivity index (χ2n) is 7.75. The second-order valence-corrected chi connectivity index (χ2v) is 7.75. The highest BCUT2D eigenvalue weighted by atomic mass is 16.5. The Hall–Kier alpha value is -1.30. The Morgan fingerprint density at radius 3 is 3.00 bits per heavy atom. The van der Waals surface area contributed by atoms with Gasteiger partial charge in [0.15, 0.2) is 5.96 Å². The normalized spacial score (nSPS) is 28.0. The molecule has 3 fully saturated rings. The van der Waals surface area contributed by atoms with E-state index in [2.05, 4.69) is 17.1 Å². The van der Waals surface area contributed by atoms with Crippen LogP contribution in [0.2, 0.25) is 0 Å². The first-order chi connectivity index (χ1) is 12.2. The molecule has 0 radical (unpaired) electrons. The monoisotopic (exact) mass is 350 g/mol. The molecule has 0 saturated carbocycles. The highest BCUT2D eigenvalue weighted by molar-refractivity contribution is 5.80. The van der Waals surface area contributed by atoms with E-state index in [1.54, 1.807) is 0 Å². The number of amides is 1. The first kappa shape index (κ1) is 18.5. The fourth-order valence-electron chi connectivity index (χ4n) is 4.23. The van der Waals surface area contributed by atoms with Crippen molar-refractivity contribution in [2.75, 3.05) is 52.5 Å². The third-order valence-electron chi connectivity index (χ3n) is 5.78. The SMILES string of the molecule is CCNC(=NCCCN1CCCCCC1=O)N1CCC2(CCOC2)C1. The van der Waals surface area contributed by atoms with Crippen LogP contribution in [0.25, 0.3) is 0 Å². The molecule has 3 aliphatic rings. The number of likely N-dealkylation sites (tertiary alicyclic amines) is 2. The topological polar surface area (TPSA) is 57.2 Å². The zero-order valence-electron chi connectivity index (χ0n) is 15.8. The molecule has 1 unspecified atom stereocenters. The number of nitrogens with zero attached hydrogens (tertiary/aromatic N) is 3. The smallest absolute Gasteiger partial charge is 0.222 e. The Labute approximate surface area is 152 Å². The molecule has 1 atom stereocenters. The molecule has 3 aliphatic heterocycles. The molecule has 3 saturated heterocycles. The molecule has 0 aromatic rings. The number of guanidine groups is 1. The molecule has 0 aromatic heterocycles. The second kappa shape index (κ2) is 8.88. The summed E-state index contributed by atoms with van der Waals surface area (Å²) in [5, 5.41) is 3.44. The van der Waals surface area contributed by atoms with Crippen molar-refractivity contribution in [2.24, 2.45) is 10.4 Å². The van der Waals surface area contributed by atoms with E-state index in [0.717, 1.165) is 84.1 Å². The average molecular weight is 351 g/mol. The fraction of sp³-hybridized carbons (Fsp3) is 0.895. The maximum absolute atomic E-state index is 12.1. The molecule has 3 rings (SSSR count). The van der Waals surface area contributed by atoms with Crippen LogP contribution in [0.3, 0.4) is 0 Å². The van der Waals surface area contributed by atoms with E-state index in [0.29, 0.717) is 11.3 Å². The molecule has 0 aromatic carbocycles.